The topological polar surface area (TPSA) is 90.7 Å². The average Bonchev–Trinajstić information content (AvgIpc) is 2.40. The number of hydrogen-bond donors (Lipinski definition) is 2. The summed E-state index contributed by atoms with van der Waals surface area (Å²) < 4.78 is 10.5. The molecule has 0 aliphatic heterocycles. The Kier molecular flexibility index (Phi) is 5.99. The van der Waals surface area contributed by atoms with Gasteiger partial charge in [-0.05, 0) is 39.0 Å². The van der Waals surface area contributed by atoms with Gasteiger partial charge in [-0.2, -0.15) is 0 Å². The van der Waals surface area contributed by atoms with E-state index in [0.717, 1.165) is 0 Å². The van der Waals surface area contributed by atoms with Crippen LogP contribution >= 0.6 is 0 Å². The minimum atomic E-state index is -0.433. The Morgan fingerprint density at radius 3 is 2.60 bits per heavy atom. The summed E-state index contributed by atoms with van der Waals surface area (Å²) >= 11 is 0. The molecule has 3 N–H and O–H groups in total. The second kappa shape index (κ2) is 7.49. The number of nitrogens with two attached hydrogens (primary N) is 1. The van der Waals surface area contributed by atoms with Gasteiger partial charge in [-0.1, -0.05) is 0 Å². The van der Waals surface area contributed by atoms with Crippen LogP contribution in [-0.2, 0) is 9.53 Å². The van der Waals surface area contributed by atoms with Crippen LogP contribution < -0.4 is 15.8 Å². The molecule has 20 heavy (non-hydrogen) atoms. The third-order valence-corrected chi connectivity index (χ3v) is 2.31. The number of hydrogen-bond acceptors (Lipinski definition) is 5. The average molecular weight is 280 g/mol. The van der Waals surface area contributed by atoms with Gasteiger partial charge in [0.2, 0.25) is 5.91 Å². The van der Waals surface area contributed by atoms with E-state index in [0.29, 0.717) is 23.6 Å². The second-order valence-corrected chi connectivity index (χ2v) is 4.35. The van der Waals surface area contributed by atoms with Crippen molar-refractivity contribution in [1.82, 2.24) is 0 Å². The number of amides is 1. The number of ether oxygens (including phenoxy) is 2. The molecular weight excluding hydrogens is 260 g/mol. The molecular formula is C14H20N2O4. The van der Waals surface area contributed by atoms with Gasteiger partial charge in [0.15, 0.2) is 0 Å². The van der Waals surface area contributed by atoms with Crippen molar-refractivity contribution in [2.45, 2.75) is 26.9 Å². The molecule has 0 bridgehead atoms. The number of anilines is 1. The maximum Gasteiger partial charge on any atom is 0.338 e. The lowest BCUT2D eigenvalue weighted by atomic mass is 10.2. The summed E-state index contributed by atoms with van der Waals surface area (Å²) in [5, 5.41) is 2.62. The SMILES string of the molecule is CCOC(=O)c1ccc(NC(=O)CN)c(OC(C)C)c1. The van der Waals surface area contributed by atoms with Crippen LogP contribution in [0.25, 0.3) is 0 Å². The van der Waals surface area contributed by atoms with E-state index >= 15 is 0 Å². The first-order valence-corrected chi connectivity index (χ1v) is 6.45. The highest BCUT2D eigenvalue weighted by molar-refractivity contribution is 5.95. The van der Waals surface area contributed by atoms with E-state index < -0.39 is 5.97 Å². The molecule has 1 rings (SSSR count). The number of benzene rings is 1. The Hall–Kier alpha value is -2.08. The number of carbonyl (C=O) groups is 2. The van der Waals surface area contributed by atoms with Crippen molar-refractivity contribution in [2.24, 2.45) is 5.73 Å². The summed E-state index contributed by atoms with van der Waals surface area (Å²) in [5.74, 6) is -0.354. The van der Waals surface area contributed by atoms with Gasteiger partial charge in [-0.3, -0.25) is 4.79 Å². The van der Waals surface area contributed by atoms with Crippen molar-refractivity contribution in [3.8, 4) is 5.75 Å². The van der Waals surface area contributed by atoms with Crippen molar-refractivity contribution in [3.63, 3.8) is 0 Å². The molecule has 0 saturated carbocycles. The van der Waals surface area contributed by atoms with Crippen LogP contribution in [0.5, 0.6) is 5.75 Å². The van der Waals surface area contributed by atoms with Crippen LogP contribution in [0.4, 0.5) is 5.69 Å². The lowest BCUT2D eigenvalue weighted by Crippen LogP contribution is -2.22. The van der Waals surface area contributed by atoms with Crippen molar-refractivity contribution >= 4 is 17.6 Å². The van der Waals surface area contributed by atoms with E-state index in [2.05, 4.69) is 5.32 Å². The van der Waals surface area contributed by atoms with Crippen LogP contribution in [0.3, 0.4) is 0 Å². The Bertz CT molecular complexity index is 486. The predicted molar refractivity (Wildman–Crippen MR) is 75.8 cm³/mol. The zero-order chi connectivity index (χ0) is 15.1. The molecule has 1 aromatic carbocycles. The third kappa shape index (κ3) is 4.55. The molecule has 0 unspecified atom stereocenters. The van der Waals surface area contributed by atoms with E-state index in [9.17, 15) is 9.59 Å². The molecule has 0 saturated heterocycles. The molecule has 0 fully saturated rings. The van der Waals surface area contributed by atoms with Gasteiger partial charge in [-0.25, -0.2) is 4.79 Å². The van der Waals surface area contributed by atoms with Gasteiger partial charge in [0.1, 0.15) is 5.75 Å². The monoisotopic (exact) mass is 280 g/mol. The Labute approximate surface area is 118 Å². The zero-order valence-electron chi connectivity index (χ0n) is 11.9. The number of carbonyl (C=O) groups excluding carboxylic acids is 2. The Morgan fingerprint density at radius 2 is 2.05 bits per heavy atom. The summed E-state index contributed by atoms with van der Waals surface area (Å²) in [5.41, 5.74) is 6.10. The Balaban J connectivity index is 3.05. The number of esters is 1. The first-order valence-electron chi connectivity index (χ1n) is 6.45. The highest BCUT2D eigenvalue weighted by Gasteiger charge is 2.13. The minimum Gasteiger partial charge on any atom is -0.489 e. The number of nitrogens with one attached hydrogen (secondary N) is 1. The van der Waals surface area contributed by atoms with Crippen LogP contribution in [0.1, 0.15) is 31.1 Å². The summed E-state index contributed by atoms with van der Waals surface area (Å²) in [4.78, 5) is 23.0. The highest BCUT2D eigenvalue weighted by Crippen LogP contribution is 2.27. The number of rotatable bonds is 6. The summed E-state index contributed by atoms with van der Waals surface area (Å²) in [6, 6.07) is 4.71. The van der Waals surface area contributed by atoms with Gasteiger partial charge < -0.3 is 20.5 Å². The molecule has 6 heteroatoms. The van der Waals surface area contributed by atoms with E-state index in [1.165, 1.54) is 0 Å². The predicted octanol–water partition coefficient (Wildman–Crippen LogP) is 1.55. The molecule has 6 nitrogen and oxygen atoms in total. The zero-order valence-corrected chi connectivity index (χ0v) is 11.9. The van der Waals surface area contributed by atoms with Gasteiger partial charge in [-0.15, -0.1) is 0 Å². The van der Waals surface area contributed by atoms with E-state index in [1.54, 1.807) is 25.1 Å². The molecule has 0 aliphatic carbocycles. The van der Waals surface area contributed by atoms with E-state index in [4.69, 9.17) is 15.2 Å². The molecule has 1 aromatic rings. The molecule has 0 heterocycles. The van der Waals surface area contributed by atoms with E-state index in [-0.39, 0.29) is 18.6 Å². The Morgan fingerprint density at radius 1 is 1.35 bits per heavy atom. The maximum atomic E-state index is 11.7. The smallest absolute Gasteiger partial charge is 0.338 e. The van der Waals surface area contributed by atoms with Gasteiger partial charge in [0.25, 0.3) is 0 Å². The summed E-state index contributed by atoms with van der Waals surface area (Å²) in [6.45, 7) is 5.61. The van der Waals surface area contributed by atoms with Crippen LogP contribution in [-0.4, -0.2) is 31.1 Å². The van der Waals surface area contributed by atoms with Crippen LogP contribution in [0, 0.1) is 0 Å². The van der Waals surface area contributed by atoms with Crippen molar-refractivity contribution < 1.29 is 19.1 Å². The molecule has 0 atom stereocenters. The molecule has 0 aliphatic rings. The van der Waals surface area contributed by atoms with Gasteiger partial charge in [0.05, 0.1) is 30.5 Å². The third-order valence-electron chi connectivity index (χ3n) is 2.31. The molecule has 0 radical (unpaired) electrons. The molecule has 0 aromatic heterocycles. The maximum absolute atomic E-state index is 11.7. The lowest BCUT2D eigenvalue weighted by molar-refractivity contribution is -0.114. The summed E-state index contributed by atoms with van der Waals surface area (Å²) in [7, 11) is 0. The molecule has 0 spiro atoms. The van der Waals surface area contributed by atoms with Crippen molar-refractivity contribution in [2.75, 3.05) is 18.5 Å². The largest absolute Gasteiger partial charge is 0.489 e. The fourth-order valence-corrected chi connectivity index (χ4v) is 1.52. The van der Waals surface area contributed by atoms with Crippen LogP contribution in [0.2, 0.25) is 0 Å². The quantitative estimate of drug-likeness (QED) is 0.771. The lowest BCUT2D eigenvalue weighted by Gasteiger charge is -2.15. The van der Waals surface area contributed by atoms with Gasteiger partial charge in [0, 0.05) is 0 Å². The van der Waals surface area contributed by atoms with Gasteiger partial charge >= 0.3 is 5.97 Å². The minimum absolute atomic E-state index is 0.0963. The second-order valence-electron chi connectivity index (χ2n) is 4.35. The fraction of sp³-hybridized carbons (Fsp3) is 0.429. The first-order chi connectivity index (χ1) is 9.47. The van der Waals surface area contributed by atoms with Crippen molar-refractivity contribution in [3.05, 3.63) is 23.8 Å². The normalized spacial score (nSPS) is 10.2. The van der Waals surface area contributed by atoms with E-state index in [1.807, 2.05) is 13.8 Å². The first kappa shape index (κ1) is 16.0. The van der Waals surface area contributed by atoms with Crippen molar-refractivity contribution in [1.29, 1.82) is 0 Å². The summed E-state index contributed by atoms with van der Waals surface area (Å²) in [6.07, 6.45) is -0.0963. The molecule has 1 amide bonds. The fourth-order valence-electron chi connectivity index (χ4n) is 1.52. The van der Waals surface area contributed by atoms with Crippen LogP contribution in [0.15, 0.2) is 18.2 Å². The standard InChI is InChI=1S/C14H20N2O4/c1-4-19-14(18)10-5-6-11(16-13(17)8-15)12(7-10)20-9(2)3/h5-7,9H,4,8,15H2,1-3H3,(H,16,17). The molecule has 110 valence electrons. The highest BCUT2D eigenvalue weighted by atomic mass is 16.5.